The fraction of sp³-hybridized carbons (Fsp3) is 0.154. The van der Waals surface area contributed by atoms with Crippen LogP contribution in [0, 0.1) is 5.41 Å². The maximum atomic E-state index is 13.2. The monoisotopic (exact) mass is 590 g/mol. The Bertz CT molecular complexity index is 1580. The van der Waals surface area contributed by atoms with Gasteiger partial charge in [-0.2, -0.15) is 23.3 Å². The molecule has 0 bridgehead atoms. The van der Waals surface area contributed by atoms with Crippen LogP contribution < -0.4 is 10.0 Å². The lowest BCUT2D eigenvalue weighted by Gasteiger charge is -2.20. The van der Waals surface area contributed by atoms with E-state index in [2.05, 4.69) is 20.1 Å². The average Bonchev–Trinajstić information content (AvgIpc) is 3.34. The molecule has 1 aliphatic rings. The van der Waals surface area contributed by atoms with Crippen molar-refractivity contribution in [2.45, 2.75) is 23.9 Å². The van der Waals surface area contributed by atoms with Gasteiger partial charge in [0, 0.05) is 17.9 Å². The molecule has 0 saturated carbocycles. The average molecular weight is 591 g/mol. The number of hydrogen-bond donors (Lipinski definition) is 3. The molecule has 3 aromatic rings. The van der Waals surface area contributed by atoms with Gasteiger partial charge in [-0.25, -0.2) is 18.1 Å². The number of halogens is 4. The molecule has 0 unspecified atom stereocenters. The maximum Gasteiger partial charge on any atom is 0.416 e. The van der Waals surface area contributed by atoms with Gasteiger partial charge in [-0.3, -0.25) is 15.5 Å². The lowest BCUT2D eigenvalue weighted by Crippen LogP contribution is -2.43. The Morgan fingerprint density at radius 3 is 2.25 bits per heavy atom. The Kier molecular flexibility index (Phi) is 8.26. The molecule has 1 atom stereocenters. The first-order chi connectivity index (χ1) is 18.8. The summed E-state index contributed by atoms with van der Waals surface area (Å²) < 4.78 is 67.5. The largest absolute Gasteiger partial charge is 0.416 e. The van der Waals surface area contributed by atoms with Crippen molar-refractivity contribution in [2.75, 3.05) is 6.54 Å². The van der Waals surface area contributed by atoms with Crippen LogP contribution >= 0.6 is 11.6 Å². The summed E-state index contributed by atoms with van der Waals surface area (Å²) in [5.74, 6) is -2.10. The van der Waals surface area contributed by atoms with E-state index in [0.29, 0.717) is 28.4 Å². The van der Waals surface area contributed by atoms with E-state index in [0.717, 1.165) is 24.6 Å². The molecule has 0 fully saturated rings. The molecular weight excluding hydrogens is 569 g/mol. The Balaban J connectivity index is 1.75. The van der Waals surface area contributed by atoms with Gasteiger partial charge in [0.2, 0.25) is 17.8 Å². The van der Waals surface area contributed by atoms with Crippen molar-refractivity contribution < 1.29 is 26.4 Å². The Hall–Kier alpha value is -4.23. The first-order valence-electron chi connectivity index (χ1n) is 11.7. The standard InChI is InChI=1S/C26H22ClF3N6O3S/c1-16(37)32-24(31)33-25(35-40(38,39)21-13-9-19(10-14-21)26(28,29)30)36-15-22(17-5-3-2-4-6-17)23(34-36)18-7-11-20(27)12-8-18/h2-14,22H,15H2,1H3,(H3,31,32,33,35,37)/t22-/m1/s1. The zero-order chi connectivity index (χ0) is 29.1. The van der Waals surface area contributed by atoms with E-state index < -0.39 is 44.5 Å². The molecule has 9 nitrogen and oxygen atoms in total. The van der Waals surface area contributed by atoms with Gasteiger partial charge in [0.15, 0.2) is 0 Å². The minimum absolute atomic E-state index is 0.0870. The molecule has 0 spiro atoms. The second-order valence-electron chi connectivity index (χ2n) is 8.63. The minimum Gasteiger partial charge on any atom is -0.295 e. The predicted octanol–water partition coefficient (Wildman–Crippen LogP) is 4.57. The summed E-state index contributed by atoms with van der Waals surface area (Å²) >= 11 is 6.05. The van der Waals surface area contributed by atoms with Gasteiger partial charge < -0.3 is 0 Å². The van der Waals surface area contributed by atoms with Gasteiger partial charge in [-0.1, -0.05) is 54.1 Å². The van der Waals surface area contributed by atoms with E-state index in [9.17, 15) is 26.4 Å². The van der Waals surface area contributed by atoms with Crippen molar-refractivity contribution in [2.24, 2.45) is 10.1 Å². The van der Waals surface area contributed by atoms with Crippen molar-refractivity contribution in [3.8, 4) is 0 Å². The Morgan fingerprint density at radius 2 is 1.68 bits per heavy atom. The molecule has 3 N–H and O–H groups in total. The molecule has 1 aliphatic heterocycles. The van der Waals surface area contributed by atoms with E-state index in [-0.39, 0.29) is 12.5 Å². The molecular formula is C26H22ClF3N6O3S. The number of aliphatic imine (C=N–C) groups is 1. The van der Waals surface area contributed by atoms with E-state index >= 15 is 0 Å². The van der Waals surface area contributed by atoms with Crippen molar-refractivity contribution >= 4 is 45.2 Å². The van der Waals surface area contributed by atoms with E-state index in [1.165, 1.54) is 5.01 Å². The van der Waals surface area contributed by atoms with Crippen molar-refractivity contribution in [1.82, 2.24) is 15.0 Å². The van der Waals surface area contributed by atoms with Crippen molar-refractivity contribution in [1.29, 1.82) is 5.41 Å². The summed E-state index contributed by atoms with van der Waals surface area (Å²) in [7, 11) is -4.49. The highest BCUT2D eigenvalue weighted by Crippen LogP contribution is 2.31. The summed E-state index contributed by atoms with van der Waals surface area (Å²) in [6, 6.07) is 19.0. The quantitative estimate of drug-likeness (QED) is 0.304. The van der Waals surface area contributed by atoms with Crippen LogP contribution in [0.2, 0.25) is 5.02 Å². The molecule has 4 rings (SSSR count). The number of sulfonamides is 1. The highest BCUT2D eigenvalue weighted by molar-refractivity contribution is 7.90. The van der Waals surface area contributed by atoms with Gasteiger partial charge in [-0.15, -0.1) is 0 Å². The van der Waals surface area contributed by atoms with Crippen LogP contribution in [0.4, 0.5) is 13.2 Å². The van der Waals surface area contributed by atoms with Gasteiger partial charge >= 0.3 is 6.18 Å². The third kappa shape index (κ3) is 6.85. The normalized spacial score (nSPS) is 15.9. The summed E-state index contributed by atoms with van der Waals surface area (Å²) in [6.45, 7) is 1.23. The SMILES string of the molecule is CC(=O)NC(=N)N=C(NS(=O)(=O)c1ccc(C(F)(F)F)cc1)N1C[C@H](c2ccccc2)C(c2ccc(Cl)cc2)=N1. The number of nitrogens with zero attached hydrogens (tertiary/aromatic N) is 3. The highest BCUT2D eigenvalue weighted by Gasteiger charge is 2.34. The summed E-state index contributed by atoms with van der Waals surface area (Å²) in [4.78, 5) is 14.9. The number of benzene rings is 3. The number of nitrogens with one attached hydrogen (secondary N) is 3. The fourth-order valence-corrected chi connectivity index (χ4v) is 5.03. The first-order valence-corrected chi connectivity index (χ1v) is 13.5. The highest BCUT2D eigenvalue weighted by atomic mass is 35.5. The molecule has 1 heterocycles. The molecule has 3 aromatic carbocycles. The lowest BCUT2D eigenvalue weighted by atomic mass is 9.91. The summed E-state index contributed by atoms with van der Waals surface area (Å²) in [5.41, 5.74) is 1.09. The van der Waals surface area contributed by atoms with Crippen LogP contribution in [-0.2, 0) is 21.0 Å². The first kappa shape index (κ1) is 28.8. The number of hydrogen-bond acceptors (Lipinski definition) is 5. The molecule has 0 aromatic heterocycles. The smallest absolute Gasteiger partial charge is 0.295 e. The minimum atomic E-state index is -4.65. The van der Waals surface area contributed by atoms with Crippen molar-refractivity contribution in [3.63, 3.8) is 0 Å². The van der Waals surface area contributed by atoms with E-state index in [1.54, 1.807) is 24.3 Å². The molecule has 40 heavy (non-hydrogen) atoms. The van der Waals surface area contributed by atoms with Crippen molar-refractivity contribution in [3.05, 3.63) is 101 Å². The van der Waals surface area contributed by atoms with Crippen LogP contribution in [0.3, 0.4) is 0 Å². The zero-order valence-electron chi connectivity index (χ0n) is 20.8. The second-order valence-corrected chi connectivity index (χ2v) is 10.7. The number of hydrazone groups is 1. The Labute approximate surface area is 232 Å². The van der Waals surface area contributed by atoms with Gasteiger partial charge in [0.05, 0.1) is 22.7 Å². The van der Waals surface area contributed by atoms with Crippen LogP contribution in [-0.4, -0.2) is 43.5 Å². The molecule has 0 saturated heterocycles. The van der Waals surface area contributed by atoms with Crippen LogP contribution in [0.25, 0.3) is 0 Å². The molecule has 0 radical (unpaired) electrons. The lowest BCUT2D eigenvalue weighted by molar-refractivity contribution is -0.137. The number of amides is 1. The van der Waals surface area contributed by atoms with Gasteiger partial charge in [-0.05, 0) is 47.5 Å². The zero-order valence-corrected chi connectivity index (χ0v) is 22.3. The summed E-state index contributed by atoms with van der Waals surface area (Å²) in [6.07, 6.45) is -4.65. The third-order valence-corrected chi connectivity index (χ3v) is 7.33. The number of rotatable bonds is 4. The van der Waals surface area contributed by atoms with Crippen LogP contribution in [0.1, 0.15) is 29.5 Å². The van der Waals surface area contributed by atoms with E-state index in [4.69, 9.17) is 17.0 Å². The van der Waals surface area contributed by atoms with Gasteiger partial charge in [0.1, 0.15) is 0 Å². The van der Waals surface area contributed by atoms with Crippen LogP contribution in [0.15, 0.2) is 93.9 Å². The van der Waals surface area contributed by atoms with Gasteiger partial charge in [0.25, 0.3) is 10.0 Å². The summed E-state index contributed by atoms with van der Waals surface area (Å²) in [5, 5.41) is 16.5. The fourth-order valence-electron chi connectivity index (χ4n) is 3.90. The predicted molar refractivity (Wildman–Crippen MR) is 145 cm³/mol. The molecule has 1 amide bonds. The molecule has 14 heteroatoms. The number of alkyl halides is 3. The molecule has 0 aliphatic carbocycles. The van der Waals surface area contributed by atoms with Crippen LogP contribution in [0.5, 0.6) is 0 Å². The Morgan fingerprint density at radius 1 is 1.05 bits per heavy atom. The topological polar surface area (TPSA) is 127 Å². The number of carbonyl (C=O) groups is 1. The number of carbonyl (C=O) groups excluding carboxylic acids is 1. The second kappa shape index (κ2) is 11.5. The third-order valence-electron chi connectivity index (χ3n) is 5.73. The maximum absolute atomic E-state index is 13.2. The number of guanidine groups is 2. The molecule has 208 valence electrons. The van der Waals surface area contributed by atoms with E-state index in [1.807, 2.05) is 30.3 Å².